The summed E-state index contributed by atoms with van der Waals surface area (Å²) in [5.41, 5.74) is 5.59. The predicted molar refractivity (Wildman–Crippen MR) is 55.5 cm³/mol. The first-order valence-corrected chi connectivity index (χ1v) is 5.46. The summed E-state index contributed by atoms with van der Waals surface area (Å²) in [5.74, 6) is -3.45. The Labute approximate surface area is 93.4 Å². The van der Waals surface area contributed by atoms with Crippen LogP contribution in [0.2, 0.25) is 0 Å². The van der Waals surface area contributed by atoms with Crippen molar-refractivity contribution in [3.63, 3.8) is 0 Å². The fourth-order valence-corrected chi connectivity index (χ4v) is 1.78. The molecule has 0 aromatic rings. The van der Waals surface area contributed by atoms with Crippen LogP contribution in [0.5, 0.6) is 0 Å². The molecule has 1 saturated heterocycles. The summed E-state index contributed by atoms with van der Waals surface area (Å²) in [5, 5.41) is 8.50. The van der Waals surface area contributed by atoms with Crippen LogP contribution in [0.4, 0.5) is 8.78 Å². The molecule has 0 aromatic heterocycles. The van der Waals surface area contributed by atoms with Crippen molar-refractivity contribution in [1.29, 1.82) is 0 Å². The Balaban J connectivity index is 2.17. The maximum absolute atomic E-state index is 12.8. The van der Waals surface area contributed by atoms with Gasteiger partial charge in [0.15, 0.2) is 0 Å². The smallest absolute Gasteiger partial charge is 0.304 e. The van der Waals surface area contributed by atoms with Crippen LogP contribution in [0.3, 0.4) is 0 Å². The summed E-state index contributed by atoms with van der Waals surface area (Å²) in [6.07, 6.45) is 0.254. The lowest BCUT2D eigenvalue weighted by atomic mass is 10.1. The first kappa shape index (κ1) is 13.3. The molecule has 1 unspecified atom stereocenters. The lowest BCUT2D eigenvalue weighted by Gasteiger charge is -2.32. The summed E-state index contributed by atoms with van der Waals surface area (Å²) >= 11 is 0. The summed E-state index contributed by atoms with van der Waals surface area (Å²) in [6.45, 7) is 1.34. The van der Waals surface area contributed by atoms with Gasteiger partial charge in [-0.05, 0) is 13.0 Å². The molecule has 1 atom stereocenters. The summed E-state index contributed by atoms with van der Waals surface area (Å²) in [6, 6.07) is -0.389. The van der Waals surface area contributed by atoms with Gasteiger partial charge in [0, 0.05) is 32.0 Å². The van der Waals surface area contributed by atoms with Crippen molar-refractivity contribution in [2.45, 2.75) is 37.6 Å². The third-order valence-electron chi connectivity index (χ3n) is 2.84. The second-order valence-corrected chi connectivity index (χ2v) is 4.34. The highest BCUT2D eigenvalue weighted by Gasteiger charge is 2.33. The quantitative estimate of drug-likeness (QED) is 0.744. The van der Waals surface area contributed by atoms with E-state index < -0.39 is 11.9 Å². The van der Waals surface area contributed by atoms with E-state index in [1.54, 1.807) is 0 Å². The molecule has 0 aromatic carbocycles. The minimum atomic E-state index is -2.53. The summed E-state index contributed by atoms with van der Waals surface area (Å²) < 4.78 is 25.6. The number of carboxylic acids is 1. The zero-order chi connectivity index (χ0) is 12.2. The molecule has 1 fully saturated rings. The van der Waals surface area contributed by atoms with E-state index in [0.717, 1.165) is 0 Å². The average molecular weight is 236 g/mol. The van der Waals surface area contributed by atoms with Gasteiger partial charge in [0.05, 0.1) is 6.42 Å². The number of aliphatic carboxylic acids is 1. The topological polar surface area (TPSA) is 66.6 Å². The molecule has 4 nitrogen and oxygen atoms in total. The minimum absolute atomic E-state index is 0.0655. The molecule has 0 aliphatic carbocycles. The Bertz CT molecular complexity index is 239. The van der Waals surface area contributed by atoms with E-state index in [-0.39, 0.29) is 25.3 Å². The molecule has 6 heteroatoms. The molecule has 0 bridgehead atoms. The SMILES string of the molecule is NC(CCN1CCC(F)(F)CC1)CC(=O)O. The van der Waals surface area contributed by atoms with Gasteiger partial charge in [0.1, 0.15) is 0 Å². The first-order valence-electron chi connectivity index (χ1n) is 5.46. The number of rotatable bonds is 5. The number of carbonyl (C=O) groups is 1. The van der Waals surface area contributed by atoms with E-state index >= 15 is 0 Å². The third-order valence-corrected chi connectivity index (χ3v) is 2.84. The molecule has 1 aliphatic heterocycles. The van der Waals surface area contributed by atoms with Crippen LogP contribution in [0.15, 0.2) is 0 Å². The lowest BCUT2D eigenvalue weighted by molar-refractivity contribution is -0.137. The number of carboxylic acid groups (broad SMARTS) is 1. The Morgan fingerprint density at radius 1 is 1.44 bits per heavy atom. The molecule has 1 rings (SSSR count). The van der Waals surface area contributed by atoms with Crippen LogP contribution >= 0.6 is 0 Å². The zero-order valence-corrected chi connectivity index (χ0v) is 9.16. The largest absolute Gasteiger partial charge is 0.481 e. The summed E-state index contributed by atoms with van der Waals surface area (Å²) in [4.78, 5) is 12.3. The van der Waals surface area contributed by atoms with E-state index in [4.69, 9.17) is 10.8 Å². The highest BCUT2D eigenvalue weighted by atomic mass is 19.3. The number of hydrogen-bond donors (Lipinski definition) is 2. The zero-order valence-electron chi connectivity index (χ0n) is 9.16. The number of nitrogens with zero attached hydrogens (tertiary/aromatic N) is 1. The van der Waals surface area contributed by atoms with Gasteiger partial charge in [-0.25, -0.2) is 8.78 Å². The maximum Gasteiger partial charge on any atom is 0.304 e. The molecule has 16 heavy (non-hydrogen) atoms. The van der Waals surface area contributed by atoms with Crippen molar-refractivity contribution >= 4 is 5.97 Å². The van der Waals surface area contributed by atoms with Gasteiger partial charge in [0.2, 0.25) is 0 Å². The van der Waals surface area contributed by atoms with E-state index in [1.165, 1.54) is 0 Å². The molecule has 1 heterocycles. The highest BCUT2D eigenvalue weighted by molar-refractivity contribution is 5.67. The van der Waals surface area contributed by atoms with Crippen molar-refractivity contribution in [2.75, 3.05) is 19.6 Å². The van der Waals surface area contributed by atoms with E-state index in [9.17, 15) is 13.6 Å². The molecular weight excluding hydrogens is 218 g/mol. The molecule has 0 amide bonds. The second kappa shape index (κ2) is 5.54. The second-order valence-electron chi connectivity index (χ2n) is 4.34. The van der Waals surface area contributed by atoms with Gasteiger partial charge in [-0.15, -0.1) is 0 Å². The third kappa shape index (κ3) is 4.85. The van der Waals surface area contributed by atoms with Crippen LogP contribution in [0.25, 0.3) is 0 Å². The van der Waals surface area contributed by atoms with Crippen molar-refractivity contribution in [3.8, 4) is 0 Å². The Morgan fingerprint density at radius 3 is 2.50 bits per heavy atom. The number of halogens is 2. The van der Waals surface area contributed by atoms with Gasteiger partial charge < -0.3 is 15.7 Å². The van der Waals surface area contributed by atoms with Gasteiger partial charge in [0.25, 0.3) is 5.92 Å². The van der Waals surface area contributed by atoms with E-state index in [0.29, 0.717) is 26.1 Å². The van der Waals surface area contributed by atoms with Gasteiger partial charge in [-0.1, -0.05) is 0 Å². The first-order chi connectivity index (χ1) is 7.39. The normalized spacial score (nSPS) is 22.9. The monoisotopic (exact) mass is 236 g/mol. The van der Waals surface area contributed by atoms with E-state index in [1.807, 2.05) is 4.90 Å². The van der Waals surface area contributed by atoms with Gasteiger partial charge in [-0.3, -0.25) is 4.79 Å². The minimum Gasteiger partial charge on any atom is -0.481 e. The van der Waals surface area contributed by atoms with Gasteiger partial charge >= 0.3 is 5.97 Å². The van der Waals surface area contributed by atoms with Crippen molar-refractivity contribution < 1.29 is 18.7 Å². The Kier molecular flexibility index (Phi) is 4.61. The molecule has 0 spiro atoms. The molecule has 0 radical (unpaired) electrons. The van der Waals surface area contributed by atoms with Crippen molar-refractivity contribution in [1.82, 2.24) is 4.90 Å². The average Bonchev–Trinajstić information content (AvgIpc) is 2.15. The number of piperidine rings is 1. The van der Waals surface area contributed by atoms with Crippen LogP contribution in [-0.2, 0) is 4.79 Å². The van der Waals surface area contributed by atoms with Gasteiger partial charge in [-0.2, -0.15) is 0 Å². The lowest BCUT2D eigenvalue weighted by Crippen LogP contribution is -2.41. The van der Waals surface area contributed by atoms with Crippen LogP contribution in [0, 0.1) is 0 Å². The Morgan fingerprint density at radius 2 is 2.00 bits per heavy atom. The van der Waals surface area contributed by atoms with Crippen LogP contribution < -0.4 is 5.73 Å². The predicted octanol–water partition coefficient (Wildman–Crippen LogP) is 0.910. The maximum atomic E-state index is 12.8. The fraction of sp³-hybridized carbons (Fsp3) is 0.900. The molecule has 1 aliphatic rings. The number of hydrogen-bond acceptors (Lipinski definition) is 3. The van der Waals surface area contributed by atoms with E-state index in [2.05, 4.69) is 0 Å². The van der Waals surface area contributed by atoms with Crippen molar-refractivity contribution in [3.05, 3.63) is 0 Å². The summed E-state index contributed by atoms with van der Waals surface area (Å²) in [7, 11) is 0. The molecule has 3 N–H and O–H groups in total. The fourth-order valence-electron chi connectivity index (χ4n) is 1.78. The molecule has 0 saturated carbocycles. The molecular formula is C10H18F2N2O2. The standard InChI is InChI=1S/C10H18F2N2O2/c11-10(12)2-5-14(6-3-10)4-1-8(13)7-9(15)16/h8H,1-7,13H2,(H,15,16). The van der Waals surface area contributed by atoms with Crippen molar-refractivity contribution in [2.24, 2.45) is 5.73 Å². The number of nitrogens with two attached hydrogens (primary N) is 1. The van der Waals surface area contributed by atoms with Crippen LogP contribution in [-0.4, -0.2) is 47.6 Å². The highest BCUT2D eigenvalue weighted by Crippen LogP contribution is 2.27. The molecule has 94 valence electrons. The van der Waals surface area contributed by atoms with Crippen LogP contribution in [0.1, 0.15) is 25.7 Å². The number of likely N-dealkylation sites (tertiary alicyclic amines) is 1. The number of alkyl halides is 2. The Hall–Kier alpha value is -0.750.